The van der Waals surface area contributed by atoms with Gasteiger partial charge in [-0.3, -0.25) is 0 Å². The van der Waals surface area contributed by atoms with E-state index in [4.69, 9.17) is 4.98 Å². The molecule has 0 fully saturated rings. The van der Waals surface area contributed by atoms with Crippen molar-refractivity contribution in [2.75, 3.05) is 19.0 Å². The normalized spacial score (nSPS) is 16.3. The first-order chi connectivity index (χ1) is 13.6. The van der Waals surface area contributed by atoms with Crippen LogP contribution in [0.5, 0.6) is 0 Å². The van der Waals surface area contributed by atoms with Gasteiger partial charge in [-0.1, -0.05) is 49.4 Å². The van der Waals surface area contributed by atoms with Crippen molar-refractivity contribution in [1.29, 1.82) is 0 Å². The van der Waals surface area contributed by atoms with Gasteiger partial charge in [0, 0.05) is 30.7 Å². The molecule has 140 valence electrons. The first kappa shape index (κ1) is 17.2. The zero-order valence-electron chi connectivity index (χ0n) is 16.9. The van der Waals surface area contributed by atoms with E-state index in [0.717, 1.165) is 24.3 Å². The van der Waals surface area contributed by atoms with Crippen molar-refractivity contribution in [2.24, 2.45) is 5.92 Å². The van der Waals surface area contributed by atoms with Crippen molar-refractivity contribution in [2.45, 2.75) is 26.2 Å². The second-order valence-electron chi connectivity index (χ2n) is 8.39. The van der Waals surface area contributed by atoms with E-state index in [-0.39, 0.29) is 0 Å². The molecule has 1 aliphatic rings. The van der Waals surface area contributed by atoms with Gasteiger partial charge < -0.3 is 4.90 Å². The van der Waals surface area contributed by atoms with Crippen LogP contribution in [0.15, 0.2) is 60.7 Å². The van der Waals surface area contributed by atoms with E-state index in [1.807, 2.05) is 0 Å². The molecule has 1 aromatic heterocycles. The minimum absolute atomic E-state index is 0.723. The van der Waals surface area contributed by atoms with Crippen LogP contribution in [-0.4, -0.2) is 19.1 Å². The number of fused-ring (bicyclic) bond motifs is 5. The Morgan fingerprint density at radius 3 is 2.46 bits per heavy atom. The van der Waals surface area contributed by atoms with Crippen molar-refractivity contribution in [3.63, 3.8) is 0 Å². The maximum absolute atomic E-state index is 5.19. The Hall–Kier alpha value is -2.87. The van der Waals surface area contributed by atoms with E-state index in [0.29, 0.717) is 0 Å². The molecule has 1 heterocycles. The maximum atomic E-state index is 5.19. The molecule has 2 nitrogen and oxygen atoms in total. The van der Waals surface area contributed by atoms with E-state index in [1.165, 1.54) is 50.7 Å². The molecule has 3 aromatic carbocycles. The molecule has 1 aliphatic carbocycles. The summed E-state index contributed by atoms with van der Waals surface area (Å²) < 4.78 is 0. The van der Waals surface area contributed by atoms with Crippen LogP contribution < -0.4 is 4.90 Å². The number of hydrogen-bond acceptors (Lipinski definition) is 2. The summed E-state index contributed by atoms with van der Waals surface area (Å²) in [6.45, 7) is 2.38. The van der Waals surface area contributed by atoms with Crippen LogP contribution in [0.4, 0.5) is 5.69 Å². The second kappa shape index (κ2) is 6.63. The summed E-state index contributed by atoms with van der Waals surface area (Å²) in [5.74, 6) is 0.723. The molecule has 0 amide bonds. The highest BCUT2D eigenvalue weighted by Gasteiger charge is 2.23. The molecule has 4 aromatic rings. The smallest absolute Gasteiger partial charge is 0.0744 e. The molecule has 2 heteroatoms. The topological polar surface area (TPSA) is 16.1 Å². The van der Waals surface area contributed by atoms with E-state index >= 15 is 0 Å². The standard InChI is InChI=1S/C26H26N2/c1-17-8-14-22-23(16-17)25-21-7-5-4-6-18(21)11-15-24(25)27-26(22)19-9-12-20(13-10-19)28(2)3/h4-7,9-13,15,17H,8,14,16H2,1-3H3. The largest absolute Gasteiger partial charge is 0.378 e. The van der Waals surface area contributed by atoms with Crippen molar-refractivity contribution in [3.8, 4) is 11.3 Å². The lowest BCUT2D eigenvalue weighted by molar-refractivity contribution is 0.503. The minimum Gasteiger partial charge on any atom is -0.378 e. The predicted octanol–water partition coefficient (Wildman–Crippen LogP) is 6.25. The van der Waals surface area contributed by atoms with E-state index in [2.05, 4.69) is 86.6 Å². The van der Waals surface area contributed by atoms with Crippen LogP contribution in [0.3, 0.4) is 0 Å². The quantitative estimate of drug-likeness (QED) is 0.390. The monoisotopic (exact) mass is 366 g/mol. The number of hydrogen-bond donors (Lipinski definition) is 0. The Morgan fingerprint density at radius 1 is 0.893 bits per heavy atom. The molecule has 0 radical (unpaired) electrons. The number of nitrogens with zero attached hydrogens (tertiary/aromatic N) is 2. The summed E-state index contributed by atoms with van der Waals surface area (Å²) in [6.07, 6.45) is 3.51. The Bertz CT molecular complexity index is 1170. The lowest BCUT2D eigenvalue weighted by Gasteiger charge is -2.26. The van der Waals surface area contributed by atoms with Gasteiger partial charge in [0.05, 0.1) is 11.2 Å². The van der Waals surface area contributed by atoms with Gasteiger partial charge in [0.25, 0.3) is 0 Å². The summed E-state index contributed by atoms with van der Waals surface area (Å²) in [7, 11) is 4.16. The minimum atomic E-state index is 0.723. The molecule has 0 saturated heterocycles. The molecule has 0 bridgehead atoms. The molecule has 0 aliphatic heterocycles. The van der Waals surface area contributed by atoms with E-state index in [1.54, 1.807) is 0 Å². The number of anilines is 1. The fraction of sp³-hybridized carbons (Fsp3) is 0.269. The van der Waals surface area contributed by atoms with Crippen molar-refractivity contribution < 1.29 is 0 Å². The lowest BCUT2D eigenvalue weighted by atomic mass is 9.80. The van der Waals surface area contributed by atoms with Crippen molar-refractivity contribution in [3.05, 3.63) is 71.8 Å². The van der Waals surface area contributed by atoms with Gasteiger partial charge in [-0.05, 0) is 65.3 Å². The third-order valence-electron chi connectivity index (χ3n) is 6.19. The Morgan fingerprint density at radius 2 is 1.68 bits per heavy atom. The van der Waals surface area contributed by atoms with Crippen LogP contribution in [-0.2, 0) is 12.8 Å². The summed E-state index contributed by atoms with van der Waals surface area (Å²) in [5, 5.41) is 4.01. The van der Waals surface area contributed by atoms with E-state index in [9.17, 15) is 0 Å². The Labute approximate surface area is 166 Å². The molecular formula is C26H26N2. The third kappa shape index (κ3) is 2.75. The third-order valence-corrected chi connectivity index (χ3v) is 6.19. The zero-order valence-corrected chi connectivity index (χ0v) is 16.9. The molecule has 1 atom stereocenters. The summed E-state index contributed by atoms with van der Waals surface area (Å²) in [4.78, 5) is 7.33. The van der Waals surface area contributed by atoms with Gasteiger partial charge in [0.2, 0.25) is 0 Å². The SMILES string of the molecule is CC1CCc2c(-c3ccc(N(C)C)cc3)nc3ccc4ccccc4c3c2C1. The molecule has 0 spiro atoms. The summed E-state index contributed by atoms with van der Waals surface area (Å²) in [6, 6.07) is 22.0. The van der Waals surface area contributed by atoms with Gasteiger partial charge in [0.1, 0.15) is 0 Å². The zero-order chi connectivity index (χ0) is 19.3. The Balaban J connectivity index is 1.80. The van der Waals surface area contributed by atoms with E-state index < -0.39 is 0 Å². The molecule has 1 unspecified atom stereocenters. The van der Waals surface area contributed by atoms with Gasteiger partial charge in [-0.25, -0.2) is 4.98 Å². The number of rotatable bonds is 2. The highest BCUT2D eigenvalue weighted by atomic mass is 15.1. The fourth-order valence-electron chi connectivity index (χ4n) is 4.64. The van der Waals surface area contributed by atoms with Crippen LogP contribution in [0, 0.1) is 5.92 Å². The highest BCUT2D eigenvalue weighted by molar-refractivity contribution is 6.09. The van der Waals surface area contributed by atoms with Crippen molar-refractivity contribution >= 4 is 27.4 Å². The summed E-state index contributed by atoms with van der Waals surface area (Å²) >= 11 is 0. The number of benzene rings is 3. The van der Waals surface area contributed by atoms with Crippen LogP contribution in [0.2, 0.25) is 0 Å². The predicted molar refractivity (Wildman–Crippen MR) is 120 cm³/mol. The van der Waals surface area contributed by atoms with Gasteiger partial charge in [-0.15, -0.1) is 0 Å². The maximum Gasteiger partial charge on any atom is 0.0744 e. The molecule has 28 heavy (non-hydrogen) atoms. The Kier molecular flexibility index (Phi) is 4.08. The molecular weight excluding hydrogens is 340 g/mol. The fourth-order valence-corrected chi connectivity index (χ4v) is 4.64. The average Bonchev–Trinajstić information content (AvgIpc) is 2.72. The van der Waals surface area contributed by atoms with Crippen molar-refractivity contribution in [1.82, 2.24) is 4.98 Å². The average molecular weight is 367 g/mol. The van der Waals surface area contributed by atoms with Crippen LogP contribution in [0.25, 0.3) is 32.9 Å². The summed E-state index contributed by atoms with van der Waals surface area (Å²) in [5.41, 5.74) is 7.73. The highest BCUT2D eigenvalue weighted by Crippen LogP contribution is 2.39. The van der Waals surface area contributed by atoms with Gasteiger partial charge >= 0.3 is 0 Å². The first-order valence-corrected chi connectivity index (χ1v) is 10.2. The van der Waals surface area contributed by atoms with Gasteiger partial charge in [0.15, 0.2) is 0 Å². The lowest BCUT2D eigenvalue weighted by Crippen LogP contribution is -2.14. The molecule has 0 N–H and O–H groups in total. The van der Waals surface area contributed by atoms with Gasteiger partial charge in [-0.2, -0.15) is 0 Å². The molecule has 5 rings (SSSR count). The number of pyridine rings is 1. The first-order valence-electron chi connectivity index (χ1n) is 10.2. The van der Waals surface area contributed by atoms with Crippen LogP contribution in [0.1, 0.15) is 24.5 Å². The number of aromatic nitrogens is 1. The molecule has 0 saturated carbocycles. The second-order valence-corrected chi connectivity index (χ2v) is 8.39. The van der Waals surface area contributed by atoms with Crippen LogP contribution >= 0.6 is 0 Å².